The topological polar surface area (TPSA) is 0 Å². The van der Waals surface area contributed by atoms with Gasteiger partial charge in [0.25, 0.3) is 0 Å². The van der Waals surface area contributed by atoms with Crippen LogP contribution in [-0.2, 0) is 0 Å². The van der Waals surface area contributed by atoms with Crippen LogP contribution in [0.2, 0.25) is 0 Å². The average molecular weight is 171 g/mol. The van der Waals surface area contributed by atoms with Crippen LogP contribution < -0.4 is 0 Å². The molecule has 0 nitrogen and oxygen atoms in total. The Hall–Kier alpha value is 0.730. The van der Waals surface area contributed by atoms with Gasteiger partial charge in [-0.05, 0) is 10.8 Å². The first-order valence-electron chi connectivity index (χ1n) is 1.91. The summed E-state index contributed by atoms with van der Waals surface area (Å²) in [6, 6.07) is 0. The lowest BCUT2D eigenvalue weighted by atomic mass is 10.6. The molecule has 0 aliphatic heterocycles. The highest BCUT2D eigenvalue weighted by Gasteiger charge is 1.58. The quantitative estimate of drug-likeness (QED) is 0.417. The number of alkyl halides is 1. The fourth-order valence-electron chi connectivity index (χ4n) is 0. The van der Waals surface area contributed by atoms with Crippen LogP contribution in [0.4, 0.5) is 0 Å². The summed E-state index contributed by atoms with van der Waals surface area (Å²) >= 11 is 2.07. The van der Waals surface area contributed by atoms with Crippen molar-refractivity contribution in [1.82, 2.24) is 0 Å². The first-order chi connectivity index (χ1) is 2.27. The fourth-order valence-corrected chi connectivity index (χ4v) is 0. The van der Waals surface area contributed by atoms with Crippen molar-refractivity contribution in [3.63, 3.8) is 0 Å². The number of rotatable bonds is 1. The summed E-state index contributed by atoms with van der Waals surface area (Å²) in [5, 5.41) is 0. The predicted molar refractivity (Wildman–Crippen MR) is 29.2 cm³/mol. The average Bonchev–Trinajstić information content (AvgIpc) is 1.38. The standard InChI is InChI=1S/C3H7I/c1-2-3-4/h2-3H2,1H3/i3D. The van der Waals surface area contributed by atoms with Gasteiger partial charge in [0.2, 0.25) is 0 Å². The fraction of sp³-hybridized carbons (Fsp3) is 1.00. The van der Waals surface area contributed by atoms with Gasteiger partial charge in [0.05, 0.1) is 0 Å². The van der Waals surface area contributed by atoms with Crippen LogP contribution >= 0.6 is 22.6 Å². The van der Waals surface area contributed by atoms with Gasteiger partial charge >= 0.3 is 0 Å². The molecule has 0 rings (SSSR count). The second kappa shape index (κ2) is 3.73. The number of hydrogen-bond donors (Lipinski definition) is 0. The van der Waals surface area contributed by atoms with Crippen molar-refractivity contribution in [2.24, 2.45) is 0 Å². The molecule has 0 amide bonds. The molecule has 0 aliphatic carbocycles. The van der Waals surface area contributed by atoms with Crippen LogP contribution in [-0.4, -0.2) is 4.40 Å². The molecule has 0 aromatic rings. The molecule has 1 heteroatoms. The molecular formula is C3H7I. The Morgan fingerprint density at radius 3 is 2.50 bits per heavy atom. The van der Waals surface area contributed by atoms with Gasteiger partial charge in [0.15, 0.2) is 0 Å². The highest BCUT2D eigenvalue weighted by atomic mass is 127. The van der Waals surface area contributed by atoms with E-state index in [1.165, 1.54) is 0 Å². The molecule has 0 N–H and O–H groups in total. The molecule has 0 radical (unpaired) electrons. The minimum atomic E-state index is 0.104. The van der Waals surface area contributed by atoms with Crippen LogP contribution in [0.3, 0.4) is 0 Å². The van der Waals surface area contributed by atoms with Gasteiger partial charge in [-0.1, -0.05) is 29.5 Å². The van der Waals surface area contributed by atoms with E-state index in [9.17, 15) is 0 Å². The maximum Gasteiger partial charge on any atom is 0.0377 e. The van der Waals surface area contributed by atoms with Gasteiger partial charge in [0.1, 0.15) is 0 Å². The third-order valence-corrected chi connectivity index (χ3v) is 1.04. The Balaban J connectivity index is 2.54. The van der Waals surface area contributed by atoms with Crippen LogP contribution in [0.25, 0.3) is 0 Å². The third kappa shape index (κ3) is 2.73. The highest BCUT2D eigenvalue weighted by Crippen LogP contribution is 1.81. The Morgan fingerprint density at radius 1 is 2.25 bits per heavy atom. The molecule has 0 bridgehead atoms. The van der Waals surface area contributed by atoms with Crippen molar-refractivity contribution in [3.8, 4) is 0 Å². The molecule has 1 unspecified atom stereocenters. The minimum absolute atomic E-state index is 0.104. The lowest BCUT2D eigenvalue weighted by molar-refractivity contribution is 1.13. The maximum atomic E-state index is 6.81. The van der Waals surface area contributed by atoms with Crippen LogP contribution in [0.1, 0.15) is 14.7 Å². The smallest absolute Gasteiger partial charge is 0.0377 e. The Kier molecular flexibility index (Phi) is 2.74. The van der Waals surface area contributed by atoms with Crippen molar-refractivity contribution in [3.05, 3.63) is 0 Å². The van der Waals surface area contributed by atoms with Crippen molar-refractivity contribution in [1.29, 1.82) is 0 Å². The Bertz CT molecular complexity index is 20.9. The first-order valence-corrected chi connectivity index (χ1v) is 2.58. The molecule has 0 saturated carbocycles. The number of halogens is 1. The van der Waals surface area contributed by atoms with Gasteiger partial charge in [-0.2, -0.15) is 0 Å². The first kappa shape index (κ1) is 2.94. The molecule has 0 saturated heterocycles. The second-order valence-corrected chi connectivity index (χ2v) is 1.44. The lowest BCUT2D eigenvalue weighted by Gasteiger charge is -1.66. The van der Waals surface area contributed by atoms with Crippen molar-refractivity contribution in [2.45, 2.75) is 13.3 Å². The normalized spacial score (nSPS) is 19.0. The summed E-state index contributed by atoms with van der Waals surface area (Å²) < 4.78 is 6.92. The summed E-state index contributed by atoms with van der Waals surface area (Å²) in [5.41, 5.74) is 0. The maximum absolute atomic E-state index is 6.81. The molecule has 26 valence electrons. The van der Waals surface area contributed by atoms with Crippen LogP contribution in [0.5, 0.6) is 0 Å². The molecular weight excluding hydrogens is 163 g/mol. The van der Waals surface area contributed by atoms with Gasteiger partial charge < -0.3 is 0 Å². The van der Waals surface area contributed by atoms with Crippen molar-refractivity contribution >= 4 is 22.6 Å². The molecule has 4 heavy (non-hydrogen) atoms. The van der Waals surface area contributed by atoms with Gasteiger partial charge in [-0.3, -0.25) is 0 Å². The van der Waals surface area contributed by atoms with Crippen molar-refractivity contribution < 1.29 is 1.37 Å². The SMILES string of the molecule is [2H]C(I)CC. The van der Waals surface area contributed by atoms with Crippen molar-refractivity contribution in [2.75, 3.05) is 4.40 Å². The Labute approximate surface area is 42.1 Å². The van der Waals surface area contributed by atoms with E-state index >= 15 is 0 Å². The van der Waals surface area contributed by atoms with E-state index in [1.54, 1.807) is 0 Å². The predicted octanol–water partition coefficient (Wildman–Crippen LogP) is 1.83. The molecule has 0 aliphatic rings. The summed E-state index contributed by atoms with van der Waals surface area (Å²) in [7, 11) is 0. The van der Waals surface area contributed by atoms with E-state index in [0.29, 0.717) is 0 Å². The Morgan fingerprint density at radius 2 is 2.50 bits per heavy atom. The zero-order chi connectivity index (χ0) is 4.28. The molecule has 0 aromatic heterocycles. The highest BCUT2D eigenvalue weighted by molar-refractivity contribution is 14.1. The van der Waals surface area contributed by atoms with E-state index in [4.69, 9.17) is 1.37 Å². The second-order valence-electron chi connectivity index (χ2n) is 0.563. The lowest BCUT2D eigenvalue weighted by Crippen LogP contribution is -1.54. The summed E-state index contributed by atoms with van der Waals surface area (Å²) in [5.74, 6) is 0. The largest absolute Gasteiger partial charge is 0.0864 e. The van der Waals surface area contributed by atoms with E-state index in [1.807, 2.05) is 6.92 Å². The summed E-state index contributed by atoms with van der Waals surface area (Å²) in [6.45, 7) is 2.00. The van der Waals surface area contributed by atoms with Crippen LogP contribution in [0.15, 0.2) is 0 Å². The molecule has 0 aromatic carbocycles. The monoisotopic (exact) mass is 171 g/mol. The number of hydrogen-bond acceptors (Lipinski definition) is 0. The zero-order valence-electron chi connectivity index (χ0n) is 3.66. The van der Waals surface area contributed by atoms with E-state index in [2.05, 4.69) is 22.6 Å². The van der Waals surface area contributed by atoms with Crippen LogP contribution in [0, 0.1) is 0 Å². The summed E-state index contributed by atoms with van der Waals surface area (Å²) in [6.07, 6.45) is 0.959. The van der Waals surface area contributed by atoms with E-state index in [0.717, 1.165) is 6.42 Å². The third-order valence-electron chi connectivity index (χ3n) is 0.154. The van der Waals surface area contributed by atoms with Gasteiger partial charge in [0, 0.05) is 1.37 Å². The van der Waals surface area contributed by atoms with E-state index in [-0.39, 0.29) is 4.40 Å². The molecule has 0 spiro atoms. The molecule has 0 fully saturated rings. The minimum Gasteiger partial charge on any atom is -0.0864 e. The van der Waals surface area contributed by atoms with Gasteiger partial charge in [-0.25, -0.2) is 0 Å². The molecule has 0 heterocycles. The van der Waals surface area contributed by atoms with Gasteiger partial charge in [-0.15, -0.1) is 0 Å². The summed E-state index contributed by atoms with van der Waals surface area (Å²) in [4.78, 5) is 0. The molecule has 1 atom stereocenters. The van der Waals surface area contributed by atoms with E-state index < -0.39 is 0 Å². The zero-order valence-corrected chi connectivity index (χ0v) is 4.82.